The van der Waals surface area contributed by atoms with E-state index in [0.717, 1.165) is 5.82 Å². The Morgan fingerprint density at radius 2 is 1.86 bits per heavy atom. The molecule has 2 atom stereocenters. The number of hydrogen-bond donors (Lipinski definition) is 0. The summed E-state index contributed by atoms with van der Waals surface area (Å²) in [5, 5.41) is 16.4. The van der Waals surface area contributed by atoms with Crippen molar-refractivity contribution in [1.82, 2.24) is 44.4 Å². The molecule has 2 saturated heterocycles. The average Bonchev–Trinajstić information content (AvgIpc) is 3.88. The quantitative estimate of drug-likeness (QED) is 0.186. The molecule has 2 aromatic carbocycles. The average molecular weight is 741 g/mol. The van der Waals surface area contributed by atoms with E-state index in [2.05, 4.69) is 30.5 Å². The van der Waals surface area contributed by atoms with Gasteiger partial charge in [-0.1, -0.05) is 29.3 Å². The maximum absolute atomic E-state index is 15.3. The molecule has 0 saturated carbocycles. The van der Waals surface area contributed by atoms with Crippen molar-refractivity contribution in [1.29, 1.82) is 0 Å². The molecule has 2 aliphatic heterocycles. The number of benzene rings is 2. The van der Waals surface area contributed by atoms with E-state index >= 15 is 4.39 Å². The normalized spacial score (nSPS) is 19.3. The maximum Gasteiger partial charge on any atom is 0.350 e. The van der Waals surface area contributed by atoms with Crippen molar-refractivity contribution in [3.63, 3.8) is 0 Å². The molecular formula is C33H36Cl2FN11O4. The summed E-state index contributed by atoms with van der Waals surface area (Å²) in [5.74, 6) is -0.265. The minimum atomic E-state index is -1.24. The molecule has 2 fully saturated rings. The zero-order valence-electron chi connectivity index (χ0n) is 28.0. The topological polar surface area (TPSA) is 134 Å². The molecular weight excluding hydrogens is 704 g/mol. The summed E-state index contributed by atoms with van der Waals surface area (Å²) in [6.45, 7) is 4.25. The lowest BCUT2D eigenvalue weighted by molar-refractivity contribution is -0.190. The number of likely N-dealkylation sites (N-methyl/N-ethyl adjacent to an activating group) is 1. The van der Waals surface area contributed by atoms with Gasteiger partial charge in [0, 0.05) is 49.4 Å². The van der Waals surface area contributed by atoms with Crippen LogP contribution in [0.3, 0.4) is 0 Å². The zero-order valence-corrected chi connectivity index (χ0v) is 29.5. The van der Waals surface area contributed by atoms with Gasteiger partial charge in [-0.05, 0) is 60.9 Å². The van der Waals surface area contributed by atoms with Crippen molar-refractivity contribution in [2.24, 2.45) is 0 Å². The summed E-state index contributed by atoms with van der Waals surface area (Å²) in [6.07, 6.45) is 4.16. The fourth-order valence-electron chi connectivity index (χ4n) is 6.10. The molecule has 3 aromatic heterocycles. The Kier molecular flexibility index (Phi) is 10.2. The number of anilines is 2. The van der Waals surface area contributed by atoms with Gasteiger partial charge in [0.15, 0.2) is 0 Å². The predicted octanol–water partition coefficient (Wildman–Crippen LogP) is 3.10. The maximum atomic E-state index is 15.3. The van der Waals surface area contributed by atoms with Gasteiger partial charge in [-0.25, -0.2) is 28.1 Å². The van der Waals surface area contributed by atoms with Gasteiger partial charge >= 0.3 is 5.69 Å². The van der Waals surface area contributed by atoms with E-state index in [0.29, 0.717) is 72.0 Å². The highest BCUT2D eigenvalue weighted by molar-refractivity contribution is 6.35. The zero-order chi connectivity index (χ0) is 35.5. The fourth-order valence-corrected chi connectivity index (χ4v) is 6.65. The van der Waals surface area contributed by atoms with Crippen molar-refractivity contribution in [3.05, 3.63) is 99.3 Å². The molecule has 18 heteroatoms. The van der Waals surface area contributed by atoms with Crippen molar-refractivity contribution in [2.75, 3.05) is 69.8 Å². The molecule has 5 heterocycles. The number of hydrogen-bond acceptors (Lipinski definition) is 12. The molecule has 0 spiro atoms. The van der Waals surface area contributed by atoms with Gasteiger partial charge in [0.1, 0.15) is 49.3 Å². The van der Waals surface area contributed by atoms with Gasteiger partial charge in [-0.15, -0.1) is 5.10 Å². The van der Waals surface area contributed by atoms with E-state index in [1.165, 1.54) is 32.7 Å². The summed E-state index contributed by atoms with van der Waals surface area (Å²) in [6, 6.07) is 13.7. The first-order valence-electron chi connectivity index (χ1n) is 16.3. The number of aromatic nitrogens is 8. The van der Waals surface area contributed by atoms with Crippen LogP contribution >= 0.6 is 23.2 Å². The van der Waals surface area contributed by atoms with Crippen LogP contribution in [0, 0.1) is 5.82 Å². The first-order chi connectivity index (χ1) is 24.7. The van der Waals surface area contributed by atoms with Crippen LogP contribution in [0.1, 0.15) is 5.56 Å². The van der Waals surface area contributed by atoms with Gasteiger partial charge < -0.3 is 28.9 Å². The summed E-state index contributed by atoms with van der Waals surface area (Å²) in [5.41, 5.74) is 1.22. The van der Waals surface area contributed by atoms with Gasteiger partial charge in [0.25, 0.3) is 0 Å². The smallest absolute Gasteiger partial charge is 0.350 e. The SMILES string of the molecule is CN(C)CCn1ncn(-c2ccc(N3CCN(c4ccc(OC[C@@H]5CO[C@@](Cn6cnnn6)(c6ccc(Cl)cc6Cl)O5)cn4)CC3)c(F)c2)c1=O. The highest BCUT2D eigenvalue weighted by atomic mass is 35.5. The summed E-state index contributed by atoms with van der Waals surface area (Å²) in [7, 11) is 3.85. The van der Waals surface area contributed by atoms with E-state index in [1.807, 2.05) is 36.0 Å². The van der Waals surface area contributed by atoms with Gasteiger partial charge in [-0.3, -0.25) is 0 Å². The van der Waals surface area contributed by atoms with Crippen molar-refractivity contribution in [3.8, 4) is 11.4 Å². The Hall–Kier alpha value is -4.61. The lowest BCUT2D eigenvalue weighted by Crippen LogP contribution is -2.47. The number of pyridine rings is 1. The molecule has 0 N–H and O–H groups in total. The van der Waals surface area contributed by atoms with Crippen molar-refractivity contribution < 1.29 is 18.6 Å². The molecule has 7 rings (SSSR count). The summed E-state index contributed by atoms with van der Waals surface area (Å²) in [4.78, 5) is 23.5. The van der Waals surface area contributed by atoms with Gasteiger partial charge in [0.05, 0.1) is 35.7 Å². The monoisotopic (exact) mass is 739 g/mol. The lowest BCUT2D eigenvalue weighted by Gasteiger charge is -2.36. The van der Waals surface area contributed by atoms with Crippen LogP contribution in [0.25, 0.3) is 5.69 Å². The van der Waals surface area contributed by atoms with Crippen LogP contribution in [0.2, 0.25) is 10.0 Å². The van der Waals surface area contributed by atoms with Crippen LogP contribution in [0.4, 0.5) is 15.9 Å². The third-order valence-corrected chi connectivity index (χ3v) is 9.31. The molecule has 0 aliphatic carbocycles. The summed E-state index contributed by atoms with van der Waals surface area (Å²) >= 11 is 12.7. The molecule has 2 aliphatic rings. The molecule has 0 bridgehead atoms. The number of ether oxygens (including phenoxy) is 3. The van der Waals surface area contributed by atoms with E-state index in [-0.39, 0.29) is 25.4 Å². The first kappa shape index (κ1) is 34.8. The molecule has 268 valence electrons. The minimum absolute atomic E-state index is 0.171. The first-order valence-corrected chi connectivity index (χ1v) is 17.1. The van der Waals surface area contributed by atoms with E-state index in [1.54, 1.807) is 36.5 Å². The van der Waals surface area contributed by atoms with Crippen LogP contribution in [-0.2, 0) is 28.4 Å². The number of tetrazole rings is 1. The molecule has 15 nitrogen and oxygen atoms in total. The lowest BCUT2D eigenvalue weighted by atomic mass is 10.1. The Labute approximate surface area is 302 Å². The van der Waals surface area contributed by atoms with Crippen LogP contribution in [0.5, 0.6) is 5.75 Å². The second-order valence-electron chi connectivity index (χ2n) is 12.5. The van der Waals surface area contributed by atoms with E-state index < -0.39 is 17.7 Å². The third kappa shape index (κ3) is 7.69. The minimum Gasteiger partial charge on any atom is -0.489 e. The molecule has 0 radical (unpaired) electrons. The number of rotatable bonds is 12. The standard InChI is InChI=1S/C33H36Cl2FN11O4/c1-42(2)9-14-47-32(48)46(22-39-47)24-4-7-30(29(36)16-24)43-10-12-44(13-11-43)31-8-5-25(17-37-31)49-18-26-19-50-33(51-26,20-45-21-38-40-41-45)27-6-3-23(34)15-28(27)35/h3-8,15-17,21-22,26H,9-14,18-20H2,1-2H3/t26-,33-/m1/s1. The van der Waals surface area contributed by atoms with Crippen molar-refractivity contribution in [2.45, 2.75) is 25.0 Å². The molecule has 51 heavy (non-hydrogen) atoms. The number of nitrogens with zero attached hydrogens (tertiary/aromatic N) is 11. The van der Waals surface area contributed by atoms with Gasteiger partial charge in [0.2, 0.25) is 5.79 Å². The van der Waals surface area contributed by atoms with Crippen LogP contribution in [0.15, 0.2) is 72.2 Å². The fraction of sp³-hybridized carbons (Fsp3) is 0.394. The van der Waals surface area contributed by atoms with E-state index in [4.69, 9.17) is 37.4 Å². The second kappa shape index (κ2) is 14.9. The molecule has 0 unspecified atom stereocenters. The highest BCUT2D eigenvalue weighted by Gasteiger charge is 2.46. The number of halogens is 3. The Bertz CT molecular complexity index is 2000. The molecule has 0 amide bonds. The van der Waals surface area contributed by atoms with Crippen LogP contribution in [-0.4, -0.2) is 111 Å². The van der Waals surface area contributed by atoms with Crippen LogP contribution < -0.4 is 20.2 Å². The number of piperazine rings is 1. The van der Waals surface area contributed by atoms with Gasteiger partial charge in [-0.2, -0.15) is 5.10 Å². The Balaban J connectivity index is 0.929. The highest BCUT2D eigenvalue weighted by Crippen LogP contribution is 2.40. The largest absolute Gasteiger partial charge is 0.489 e. The Morgan fingerprint density at radius 3 is 2.57 bits per heavy atom. The predicted molar refractivity (Wildman–Crippen MR) is 187 cm³/mol. The Morgan fingerprint density at radius 1 is 1.04 bits per heavy atom. The third-order valence-electron chi connectivity index (χ3n) is 8.77. The summed E-state index contributed by atoms with van der Waals surface area (Å²) < 4.78 is 38.2. The van der Waals surface area contributed by atoms with E-state index in [9.17, 15) is 4.79 Å². The van der Waals surface area contributed by atoms with Crippen molar-refractivity contribution >= 4 is 34.7 Å². The molecule has 5 aromatic rings. The second-order valence-corrected chi connectivity index (χ2v) is 13.4.